The van der Waals surface area contributed by atoms with Gasteiger partial charge in [0, 0.05) is 38.6 Å². The molecule has 0 aliphatic carbocycles. The molecule has 138 valence electrons. The number of carbonyl (C=O) groups is 1. The number of benzene rings is 1. The fourth-order valence-electron chi connectivity index (χ4n) is 2.79. The number of morpholine rings is 1. The second-order valence-electron chi connectivity index (χ2n) is 6.28. The molecule has 0 radical (unpaired) electrons. The second kappa shape index (κ2) is 9.26. The summed E-state index contributed by atoms with van der Waals surface area (Å²) in [6.07, 6.45) is 3.11. The van der Waals surface area contributed by atoms with E-state index in [4.69, 9.17) is 4.74 Å². The summed E-state index contributed by atoms with van der Waals surface area (Å²) >= 11 is 0. The zero-order valence-electron chi connectivity index (χ0n) is 15.0. The average Bonchev–Trinajstić information content (AvgIpc) is 2.70. The maximum atomic E-state index is 12.2. The fraction of sp³-hybridized carbons (Fsp3) is 0.421. The van der Waals surface area contributed by atoms with E-state index in [1.54, 1.807) is 12.4 Å². The van der Waals surface area contributed by atoms with Gasteiger partial charge in [-0.3, -0.25) is 9.69 Å². The molecule has 0 bridgehead atoms. The van der Waals surface area contributed by atoms with Crippen LogP contribution in [0.3, 0.4) is 0 Å². The molecular formula is C19H25N5O2. The van der Waals surface area contributed by atoms with Crippen LogP contribution in [0.2, 0.25) is 0 Å². The summed E-state index contributed by atoms with van der Waals surface area (Å²) in [5.74, 6) is 0.354. The molecule has 1 aromatic heterocycles. The van der Waals surface area contributed by atoms with E-state index in [-0.39, 0.29) is 11.9 Å². The molecule has 1 atom stereocenters. The third-order valence-electron chi connectivity index (χ3n) is 4.38. The van der Waals surface area contributed by atoms with Crippen molar-refractivity contribution in [1.82, 2.24) is 20.2 Å². The topological polar surface area (TPSA) is 79.4 Å². The van der Waals surface area contributed by atoms with Crippen LogP contribution in [0.5, 0.6) is 0 Å². The van der Waals surface area contributed by atoms with Crippen LogP contribution in [-0.4, -0.2) is 60.2 Å². The van der Waals surface area contributed by atoms with Crippen molar-refractivity contribution in [3.63, 3.8) is 0 Å². The zero-order chi connectivity index (χ0) is 18.2. The van der Waals surface area contributed by atoms with Gasteiger partial charge in [0.1, 0.15) is 0 Å². The Bertz CT molecular complexity index is 687. The van der Waals surface area contributed by atoms with E-state index in [1.165, 1.54) is 0 Å². The Morgan fingerprint density at radius 2 is 1.88 bits per heavy atom. The molecule has 3 rings (SSSR count). The van der Waals surface area contributed by atoms with Crippen LogP contribution in [0.25, 0.3) is 0 Å². The van der Waals surface area contributed by atoms with Crippen LogP contribution in [0.4, 0.5) is 5.95 Å². The lowest BCUT2D eigenvalue weighted by molar-refractivity contribution is 0.0383. The summed E-state index contributed by atoms with van der Waals surface area (Å²) in [7, 11) is 0. The maximum absolute atomic E-state index is 12.2. The Kier molecular flexibility index (Phi) is 6.51. The van der Waals surface area contributed by atoms with E-state index in [1.807, 2.05) is 37.3 Å². The van der Waals surface area contributed by atoms with Crippen molar-refractivity contribution in [2.24, 2.45) is 0 Å². The van der Waals surface area contributed by atoms with Crippen molar-refractivity contribution < 1.29 is 9.53 Å². The molecule has 7 nitrogen and oxygen atoms in total. The summed E-state index contributed by atoms with van der Waals surface area (Å²) in [6.45, 7) is 6.83. The highest BCUT2D eigenvalue weighted by molar-refractivity contribution is 5.93. The van der Waals surface area contributed by atoms with Gasteiger partial charge in [0.05, 0.1) is 24.8 Å². The number of nitrogens with one attached hydrogen (secondary N) is 2. The molecule has 2 aromatic rings. The third kappa shape index (κ3) is 5.24. The highest BCUT2D eigenvalue weighted by atomic mass is 16.5. The number of carbonyl (C=O) groups excluding carboxylic acids is 1. The minimum atomic E-state index is -0.152. The van der Waals surface area contributed by atoms with Gasteiger partial charge in [-0.25, -0.2) is 9.97 Å². The van der Waals surface area contributed by atoms with Gasteiger partial charge in [-0.1, -0.05) is 30.3 Å². The molecule has 1 amide bonds. The molecule has 0 saturated carbocycles. The first-order valence-corrected chi connectivity index (χ1v) is 8.94. The van der Waals surface area contributed by atoms with Gasteiger partial charge in [-0.15, -0.1) is 0 Å². The molecule has 1 aliphatic rings. The SMILES string of the molecule is CC(Nc1ncc(C(=O)NCCN2CCOCC2)cn1)c1ccccc1. The monoisotopic (exact) mass is 355 g/mol. The van der Waals surface area contributed by atoms with Crippen molar-refractivity contribution in [3.8, 4) is 0 Å². The molecule has 7 heteroatoms. The average molecular weight is 355 g/mol. The van der Waals surface area contributed by atoms with Crippen LogP contribution in [0.1, 0.15) is 28.9 Å². The number of aromatic nitrogens is 2. The van der Waals surface area contributed by atoms with Crippen molar-refractivity contribution in [2.75, 3.05) is 44.7 Å². The second-order valence-corrected chi connectivity index (χ2v) is 6.28. The van der Waals surface area contributed by atoms with E-state index >= 15 is 0 Å². The lowest BCUT2D eigenvalue weighted by Gasteiger charge is -2.26. The largest absolute Gasteiger partial charge is 0.379 e. The maximum Gasteiger partial charge on any atom is 0.254 e. The molecule has 1 saturated heterocycles. The summed E-state index contributed by atoms with van der Waals surface area (Å²) < 4.78 is 5.31. The third-order valence-corrected chi connectivity index (χ3v) is 4.38. The van der Waals surface area contributed by atoms with Gasteiger partial charge in [-0.05, 0) is 12.5 Å². The highest BCUT2D eigenvalue weighted by Crippen LogP contribution is 2.15. The van der Waals surface area contributed by atoms with Crippen LogP contribution >= 0.6 is 0 Å². The van der Waals surface area contributed by atoms with Crippen molar-refractivity contribution in [1.29, 1.82) is 0 Å². The predicted molar refractivity (Wildman–Crippen MR) is 100 cm³/mol. The quantitative estimate of drug-likeness (QED) is 0.787. The van der Waals surface area contributed by atoms with E-state index in [0.29, 0.717) is 18.1 Å². The smallest absolute Gasteiger partial charge is 0.254 e. The first kappa shape index (κ1) is 18.3. The Morgan fingerprint density at radius 3 is 2.58 bits per heavy atom. The number of nitrogens with zero attached hydrogens (tertiary/aromatic N) is 3. The van der Waals surface area contributed by atoms with Crippen LogP contribution in [0.15, 0.2) is 42.7 Å². The van der Waals surface area contributed by atoms with Gasteiger partial charge in [0.15, 0.2) is 0 Å². The zero-order valence-corrected chi connectivity index (χ0v) is 15.0. The Morgan fingerprint density at radius 1 is 1.19 bits per heavy atom. The standard InChI is InChI=1S/C19H25N5O2/c1-15(16-5-3-2-4-6-16)23-19-21-13-17(14-22-19)18(25)20-7-8-24-9-11-26-12-10-24/h2-6,13-15H,7-12H2,1H3,(H,20,25)(H,21,22,23). The number of rotatable bonds is 7. The molecule has 2 N–H and O–H groups in total. The Hall–Kier alpha value is -2.51. The lowest BCUT2D eigenvalue weighted by Crippen LogP contribution is -2.41. The van der Waals surface area contributed by atoms with E-state index in [9.17, 15) is 4.79 Å². The van der Waals surface area contributed by atoms with Gasteiger partial charge < -0.3 is 15.4 Å². The van der Waals surface area contributed by atoms with E-state index in [0.717, 1.165) is 38.4 Å². The molecule has 1 aliphatic heterocycles. The van der Waals surface area contributed by atoms with Crippen LogP contribution in [0, 0.1) is 0 Å². The molecule has 1 unspecified atom stereocenters. The first-order valence-electron chi connectivity index (χ1n) is 8.94. The molecule has 26 heavy (non-hydrogen) atoms. The molecule has 1 fully saturated rings. The highest BCUT2D eigenvalue weighted by Gasteiger charge is 2.12. The van der Waals surface area contributed by atoms with Gasteiger partial charge in [0.2, 0.25) is 5.95 Å². The molecular weight excluding hydrogens is 330 g/mol. The lowest BCUT2D eigenvalue weighted by atomic mass is 10.1. The summed E-state index contributed by atoms with van der Waals surface area (Å²) in [5, 5.41) is 6.15. The van der Waals surface area contributed by atoms with Crippen molar-refractivity contribution in [2.45, 2.75) is 13.0 Å². The van der Waals surface area contributed by atoms with Gasteiger partial charge in [0.25, 0.3) is 5.91 Å². The summed E-state index contributed by atoms with van der Waals surface area (Å²) in [4.78, 5) is 23.0. The normalized spacial score (nSPS) is 16.0. The van der Waals surface area contributed by atoms with E-state index < -0.39 is 0 Å². The molecule has 2 heterocycles. The Labute approximate surface area is 153 Å². The van der Waals surface area contributed by atoms with Crippen LogP contribution < -0.4 is 10.6 Å². The Balaban J connectivity index is 1.46. The van der Waals surface area contributed by atoms with Gasteiger partial charge >= 0.3 is 0 Å². The molecule has 1 aromatic carbocycles. The minimum Gasteiger partial charge on any atom is -0.379 e. The number of hydrogen-bond donors (Lipinski definition) is 2. The van der Waals surface area contributed by atoms with Crippen LogP contribution in [-0.2, 0) is 4.74 Å². The van der Waals surface area contributed by atoms with E-state index in [2.05, 4.69) is 25.5 Å². The number of hydrogen-bond acceptors (Lipinski definition) is 6. The van der Waals surface area contributed by atoms with Gasteiger partial charge in [-0.2, -0.15) is 0 Å². The van der Waals surface area contributed by atoms with Crippen molar-refractivity contribution in [3.05, 3.63) is 53.9 Å². The first-order chi connectivity index (χ1) is 12.7. The summed E-state index contributed by atoms with van der Waals surface area (Å²) in [6, 6.07) is 10.2. The molecule has 0 spiro atoms. The predicted octanol–water partition coefficient (Wildman–Crippen LogP) is 1.71. The fourth-order valence-corrected chi connectivity index (χ4v) is 2.79. The number of anilines is 1. The minimum absolute atomic E-state index is 0.0874. The number of ether oxygens (including phenoxy) is 1. The summed E-state index contributed by atoms with van der Waals surface area (Å²) in [5.41, 5.74) is 1.62. The number of amides is 1. The van der Waals surface area contributed by atoms with Crippen molar-refractivity contribution >= 4 is 11.9 Å².